The van der Waals surface area contributed by atoms with Crippen molar-refractivity contribution in [1.82, 2.24) is 25.1 Å². The SMILES string of the molecule is C[C@@H](C#N)NC(O)c1ccc(-c2ccnc(Nc3cnn(C4CC4)c3)n2)cc1F. The maximum atomic E-state index is 14.5. The van der Waals surface area contributed by atoms with Crippen molar-refractivity contribution in [3.05, 3.63) is 54.2 Å². The second-order valence-corrected chi connectivity index (χ2v) is 6.99. The van der Waals surface area contributed by atoms with Crippen molar-refractivity contribution in [3.8, 4) is 17.3 Å². The van der Waals surface area contributed by atoms with Gasteiger partial charge < -0.3 is 10.4 Å². The molecule has 0 radical (unpaired) electrons. The summed E-state index contributed by atoms with van der Waals surface area (Å²) < 4.78 is 16.4. The molecular weight excluding hydrogens is 373 g/mol. The van der Waals surface area contributed by atoms with E-state index in [1.807, 2.05) is 16.9 Å². The lowest BCUT2D eigenvalue weighted by molar-refractivity contribution is 0.129. The maximum Gasteiger partial charge on any atom is 0.227 e. The molecule has 1 fully saturated rings. The molecule has 1 aliphatic carbocycles. The number of hydrogen-bond acceptors (Lipinski definition) is 7. The highest BCUT2D eigenvalue weighted by Crippen LogP contribution is 2.34. The number of nitriles is 1. The summed E-state index contributed by atoms with van der Waals surface area (Å²) in [5.41, 5.74) is 1.94. The summed E-state index contributed by atoms with van der Waals surface area (Å²) in [6, 6.07) is 7.93. The van der Waals surface area contributed by atoms with Crippen molar-refractivity contribution >= 4 is 11.6 Å². The van der Waals surface area contributed by atoms with E-state index >= 15 is 0 Å². The van der Waals surface area contributed by atoms with E-state index in [0.29, 0.717) is 23.2 Å². The predicted octanol–water partition coefficient (Wildman–Crippen LogP) is 3.05. The van der Waals surface area contributed by atoms with E-state index in [0.717, 1.165) is 18.5 Å². The molecule has 9 heteroatoms. The van der Waals surface area contributed by atoms with E-state index in [2.05, 4.69) is 25.7 Å². The van der Waals surface area contributed by atoms with Gasteiger partial charge in [-0.2, -0.15) is 10.4 Å². The Labute approximate surface area is 167 Å². The van der Waals surface area contributed by atoms with E-state index in [1.54, 1.807) is 31.5 Å². The van der Waals surface area contributed by atoms with Crippen LogP contribution < -0.4 is 10.6 Å². The number of aromatic nitrogens is 4. The third-order valence-electron chi connectivity index (χ3n) is 4.63. The monoisotopic (exact) mass is 393 g/mol. The van der Waals surface area contributed by atoms with E-state index in [1.165, 1.54) is 12.1 Å². The Hall–Kier alpha value is -3.35. The van der Waals surface area contributed by atoms with Gasteiger partial charge >= 0.3 is 0 Å². The average Bonchev–Trinajstić information content (AvgIpc) is 3.47. The average molecular weight is 393 g/mol. The highest BCUT2D eigenvalue weighted by atomic mass is 19.1. The first-order chi connectivity index (χ1) is 14.0. The fourth-order valence-electron chi connectivity index (χ4n) is 2.92. The molecular formula is C20H20FN7O. The van der Waals surface area contributed by atoms with Gasteiger partial charge in [-0.3, -0.25) is 10.00 Å². The minimum atomic E-state index is -1.27. The Morgan fingerprint density at radius 3 is 2.90 bits per heavy atom. The van der Waals surface area contributed by atoms with E-state index in [4.69, 9.17) is 5.26 Å². The number of hydrogen-bond donors (Lipinski definition) is 3. The first-order valence-electron chi connectivity index (χ1n) is 9.31. The summed E-state index contributed by atoms with van der Waals surface area (Å²) in [6.45, 7) is 1.58. The number of rotatable bonds is 7. The molecule has 0 bridgehead atoms. The van der Waals surface area contributed by atoms with E-state index in [-0.39, 0.29) is 5.56 Å². The van der Waals surface area contributed by atoms with Gasteiger partial charge in [0.1, 0.15) is 12.0 Å². The van der Waals surface area contributed by atoms with Gasteiger partial charge in [0.15, 0.2) is 0 Å². The van der Waals surface area contributed by atoms with Crippen LogP contribution in [0.2, 0.25) is 0 Å². The maximum absolute atomic E-state index is 14.5. The fourth-order valence-corrected chi connectivity index (χ4v) is 2.92. The number of anilines is 2. The van der Waals surface area contributed by atoms with Gasteiger partial charge in [-0.25, -0.2) is 14.4 Å². The molecule has 2 aromatic heterocycles. The van der Waals surface area contributed by atoms with Crippen molar-refractivity contribution in [2.24, 2.45) is 0 Å². The van der Waals surface area contributed by atoms with Crippen LogP contribution in [0.15, 0.2) is 42.9 Å². The van der Waals surface area contributed by atoms with E-state index < -0.39 is 18.1 Å². The summed E-state index contributed by atoms with van der Waals surface area (Å²) in [4.78, 5) is 8.64. The molecule has 0 aliphatic heterocycles. The number of aliphatic hydroxyl groups excluding tert-OH is 1. The quantitative estimate of drug-likeness (QED) is 0.529. The number of aliphatic hydroxyl groups is 1. The zero-order valence-electron chi connectivity index (χ0n) is 15.7. The molecule has 29 heavy (non-hydrogen) atoms. The molecule has 2 atom stereocenters. The van der Waals surface area contributed by atoms with Crippen LogP contribution in [0.3, 0.4) is 0 Å². The van der Waals surface area contributed by atoms with Gasteiger partial charge in [-0.05, 0) is 31.9 Å². The third kappa shape index (κ3) is 4.39. The number of nitrogens with zero attached hydrogens (tertiary/aromatic N) is 5. The lowest BCUT2D eigenvalue weighted by atomic mass is 10.1. The molecule has 3 N–H and O–H groups in total. The van der Waals surface area contributed by atoms with Gasteiger partial charge in [0.05, 0.1) is 35.7 Å². The number of nitrogens with one attached hydrogen (secondary N) is 2. The summed E-state index contributed by atoms with van der Waals surface area (Å²) in [5.74, 6) is -0.210. The van der Waals surface area contributed by atoms with Crippen LogP contribution in [0.5, 0.6) is 0 Å². The largest absolute Gasteiger partial charge is 0.374 e. The zero-order valence-corrected chi connectivity index (χ0v) is 15.7. The van der Waals surface area contributed by atoms with Crippen LogP contribution in [0.25, 0.3) is 11.3 Å². The summed E-state index contributed by atoms with van der Waals surface area (Å²) in [6.07, 6.45) is 6.25. The first kappa shape index (κ1) is 19.0. The normalized spacial score (nSPS) is 15.5. The molecule has 0 saturated heterocycles. The molecule has 1 aliphatic rings. The lowest BCUT2D eigenvalue weighted by Gasteiger charge is -2.16. The molecule has 1 unspecified atom stereocenters. The molecule has 1 aromatic carbocycles. The van der Waals surface area contributed by atoms with Gasteiger partial charge in [0.2, 0.25) is 5.95 Å². The summed E-state index contributed by atoms with van der Waals surface area (Å²) in [7, 11) is 0. The van der Waals surface area contributed by atoms with Crippen LogP contribution in [0.4, 0.5) is 16.0 Å². The molecule has 148 valence electrons. The Kier molecular flexibility index (Phi) is 5.20. The van der Waals surface area contributed by atoms with Crippen molar-refractivity contribution in [1.29, 1.82) is 5.26 Å². The molecule has 0 spiro atoms. The van der Waals surface area contributed by atoms with Gasteiger partial charge in [0, 0.05) is 23.5 Å². The lowest BCUT2D eigenvalue weighted by Crippen LogP contribution is -2.29. The Morgan fingerprint density at radius 1 is 1.34 bits per heavy atom. The smallest absolute Gasteiger partial charge is 0.227 e. The Balaban J connectivity index is 1.51. The molecule has 1 saturated carbocycles. The highest BCUT2D eigenvalue weighted by Gasteiger charge is 2.24. The van der Waals surface area contributed by atoms with Crippen LogP contribution in [-0.2, 0) is 0 Å². The van der Waals surface area contributed by atoms with Crippen molar-refractivity contribution in [2.75, 3.05) is 5.32 Å². The van der Waals surface area contributed by atoms with Crippen molar-refractivity contribution < 1.29 is 9.50 Å². The van der Waals surface area contributed by atoms with Gasteiger partial charge in [0.25, 0.3) is 0 Å². The minimum absolute atomic E-state index is 0.0655. The highest BCUT2D eigenvalue weighted by molar-refractivity contribution is 5.62. The predicted molar refractivity (Wildman–Crippen MR) is 104 cm³/mol. The fraction of sp³-hybridized carbons (Fsp3) is 0.300. The third-order valence-corrected chi connectivity index (χ3v) is 4.63. The van der Waals surface area contributed by atoms with Crippen molar-refractivity contribution in [3.63, 3.8) is 0 Å². The molecule has 3 aromatic rings. The second-order valence-electron chi connectivity index (χ2n) is 6.99. The van der Waals surface area contributed by atoms with Gasteiger partial charge in [-0.1, -0.05) is 12.1 Å². The summed E-state index contributed by atoms with van der Waals surface area (Å²) >= 11 is 0. The van der Waals surface area contributed by atoms with Crippen LogP contribution in [0.1, 0.15) is 37.6 Å². The van der Waals surface area contributed by atoms with Gasteiger partial charge in [-0.15, -0.1) is 0 Å². The Morgan fingerprint density at radius 2 is 2.17 bits per heavy atom. The topological polar surface area (TPSA) is 112 Å². The van der Waals surface area contributed by atoms with Crippen LogP contribution in [-0.4, -0.2) is 30.9 Å². The number of benzene rings is 1. The molecule has 8 nitrogen and oxygen atoms in total. The van der Waals surface area contributed by atoms with Crippen LogP contribution in [0, 0.1) is 17.1 Å². The minimum Gasteiger partial charge on any atom is -0.374 e. The Bertz CT molecular complexity index is 1060. The molecule has 0 amide bonds. The zero-order chi connectivity index (χ0) is 20.4. The molecule has 4 rings (SSSR count). The first-order valence-corrected chi connectivity index (χ1v) is 9.31. The number of halogens is 1. The summed E-state index contributed by atoms with van der Waals surface area (Å²) in [5, 5.41) is 28.9. The van der Waals surface area contributed by atoms with Crippen LogP contribution >= 0.6 is 0 Å². The van der Waals surface area contributed by atoms with E-state index in [9.17, 15) is 9.50 Å². The molecule has 2 heterocycles. The second kappa shape index (κ2) is 7.95. The van der Waals surface area contributed by atoms with Crippen molar-refractivity contribution in [2.45, 2.75) is 38.1 Å². The standard InChI is InChI=1S/C20H20FN7O/c1-12(9-22)25-19(29)16-5-2-13(8-17(16)21)18-6-7-23-20(27-18)26-14-10-24-28(11-14)15-3-4-15/h2,5-8,10-12,15,19,25,29H,3-4H2,1H3,(H,23,26,27)/t12-,19?/m0/s1.